The third-order valence-corrected chi connectivity index (χ3v) is 7.61. The lowest BCUT2D eigenvalue weighted by Gasteiger charge is -2.19. The van der Waals surface area contributed by atoms with Crippen LogP contribution < -0.4 is 0 Å². The number of aromatic nitrogens is 2. The Morgan fingerprint density at radius 3 is 2.73 bits per heavy atom. The lowest BCUT2D eigenvalue weighted by molar-refractivity contribution is 0.464. The third kappa shape index (κ3) is 2.89. The Hall–Kier alpha value is -1.66. The maximum atomic E-state index is 13.1. The fourth-order valence-electron chi connectivity index (χ4n) is 4.45. The van der Waals surface area contributed by atoms with Gasteiger partial charge in [0.1, 0.15) is 5.82 Å². The van der Waals surface area contributed by atoms with E-state index in [2.05, 4.69) is 30.3 Å². The van der Waals surface area contributed by atoms with Gasteiger partial charge >= 0.3 is 0 Å². The summed E-state index contributed by atoms with van der Waals surface area (Å²) in [5.41, 5.74) is 3.64. The Morgan fingerprint density at radius 1 is 1.19 bits per heavy atom. The molecular formula is C20H27N3O2S. The van der Waals surface area contributed by atoms with Crippen LogP contribution in [0, 0.1) is 6.92 Å². The summed E-state index contributed by atoms with van der Waals surface area (Å²) in [5, 5.41) is 0. The minimum Gasteiger partial charge on any atom is -0.330 e. The van der Waals surface area contributed by atoms with Crippen molar-refractivity contribution in [2.24, 2.45) is 0 Å². The highest BCUT2D eigenvalue weighted by Gasteiger charge is 2.35. The number of sulfonamides is 1. The fourth-order valence-corrected chi connectivity index (χ4v) is 6.00. The third-order valence-electron chi connectivity index (χ3n) is 5.75. The van der Waals surface area contributed by atoms with Crippen molar-refractivity contribution >= 4 is 10.0 Å². The van der Waals surface area contributed by atoms with E-state index in [4.69, 9.17) is 0 Å². The van der Waals surface area contributed by atoms with Gasteiger partial charge in [0.05, 0.1) is 4.90 Å². The summed E-state index contributed by atoms with van der Waals surface area (Å²) in [6.45, 7) is 7.43. The Labute approximate surface area is 156 Å². The van der Waals surface area contributed by atoms with Gasteiger partial charge in [-0.15, -0.1) is 0 Å². The standard InChI is InChI=1S/C20H27N3O2S/c1-14(2)23-15(3)12-21-20(23)18-9-10-22(13-18)26(24,25)19-8-7-16-5-4-6-17(16)11-19/h7-8,11-12,14,18H,4-6,9-10,13H2,1-3H3/t18-/m0/s1. The monoisotopic (exact) mass is 373 g/mol. The number of fused-ring (bicyclic) bond motifs is 1. The first-order valence-corrected chi connectivity index (χ1v) is 11.0. The highest BCUT2D eigenvalue weighted by Crippen LogP contribution is 2.33. The van der Waals surface area contributed by atoms with Crippen LogP contribution in [0.25, 0.3) is 0 Å². The molecule has 140 valence electrons. The van der Waals surface area contributed by atoms with Gasteiger partial charge in [-0.05, 0) is 69.7 Å². The van der Waals surface area contributed by atoms with Crippen molar-refractivity contribution in [3.8, 4) is 0 Å². The fraction of sp³-hybridized carbons (Fsp3) is 0.550. The van der Waals surface area contributed by atoms with Gasteiger partial charge in [-0.3, -0.25) is 0 Å². The van der Waals surface area contributed by atoms with Crippen molar-refractivity contribution in [3.63, 3.8) is 0 Å². The average Bonchev–Trinajstić information content (AvgIpc) is 3.32. The first-order valence-electron chi connectivity index (χ1n) is 9.53. The van der Waals surface area contributed by atoms with Crippen molar-refractivity contribution in [2.45, 2.75) is 63.3 Å². The van der Waals surface area contributed by atoms with Crippen LogP contribution in [0.3, 0.4) is 0 Å². The predicted octanol–water partition coefficient (Wildman–Crippen LogP) is 3.44. The van der Waals surface area contributed by atoms with Crippen LogP contribution in [-0.4, -0.2) is 35.4 Å². The molecule has 1 saturated heterocycles. The Morgan fingerprint density at radius 2 is 1.96 bits per heavy atom. The SMILES string of the molecule is Cc1cnc([C@H]2CCN(S(=O)(=O)c3ccc4c(c3)CCC4)C2)n1C(C)C. The van der Waals surface area contributed by atoms with Crippen molar-refractivity contribution in [3.05, 3.63) is 47.0 Å². The Bertz CT molecular complexity index is 931. The molecule has 5 nitrogen and oxygen atoms in total. The van der Waals surface area contributed by atoms with Crippen LogP contribution in [0.1, 0.15) is 61.3 Å². The van der Waals surface area contributed by atoms with Gasteiger partial charge in [-0.25, -0.2) is 13.4 Å². The number of benzene rings is 1. The molecule has 1 aliphatic carbocycles. The van der Waals surface area contributed by atoms with Gasteiger partial charge in [0, 0.05) is 36.9 Å². The number of nitrogens with zero attached hydrogens (tertiary/aromatic N) is 3. The molecule has 1 aliphatic heterocycles. The number of imidazole rings is 1. The van der Waals surface area contributed by atoms with Crippen LogP contribution in [0.4, 0.5) is 0 Å². The van der Waals surface area contributed by atoms with Gasteiger partial charge < -0.3 is 4.57 Å². The number of hydrogen-bond donors (Lipinski definition) is 0. The molecule has 0 amide bonds. The highest BCUT2D eigenvalue weighted by atomic mass is 32.2. The van der Waals surface area contributed by atoms with Gasteiger partial charge in [0.25, 0.3) is 0 Å². The van der Waals surface area contributed by atoms with E-state index in [1.165, 1.54) is 11.1 Å². The molecule has 0 saturated carbocycles. The Kier molecular flexibility index (Phi) is 4.43. The number of rotatable bonds is 4. The zero-order chi connectivity index (χ0) is 18.5. The molecule has 2 heterocycles. The molecule has 1 fully saturated rings. The minimum atomic E-state index is -3.43. The molecule has 1 atom stereocenters. The summed E-state index contributed by atoms with van der Waals surface area (Å²) < 4.78 is 30.1. The van der Waals surface area contributed by atoms with E-state index in [-0.39, 0.29) is 5.92 Å². The van der Waals surface area contributed by atoms with E-state index >= 15 is 0 Å². The summed E-state index contributed by atoms with van der Waals surface area (Å²) in [6.07, 6.45) is 5.91. The molecule has 0 unspecified atom stereocenters. The smallest absolute Gasteiger partial charge is 0.243 e. The molecule has 1 aromatic heterocycles. The molecule has 0 bridgehead atoms. The molecule has 26 heavy (non-hydrogen) atoms. The molecule has 2 aliphatic rings. The zero-order valence-electron chi connectivity index (χ0n) is 15.8. The summed E-state index contributed by atoms with van der Waals surface area (Å²) in [7, 11) is -3.43. The summed E-state index contributed by atoms with van der Waals surface area (Å²) in [6, 6.07) is 6.00. The van der Waals surface area contributed by atoms with E-state index in [0.717, 1.165) is 37.2 Å². The largest absolute Gasteiger partial charge is 0.330 e. The molecule has 4 rings (SSSR count). The molecule has 2 aromatic rings. The second-order valence-electron chi connectivity index (χ2n) is 7.85. The molecule has 0 radical (unpaired) electrons. The minimum absolute atomic E-state index is 0.162. The molecule has 0 spiro atoms. The van der Waals surface area contributed by atoms with Crippen molar-refractivity contribution in [2.75, 3.05) is 13.1 Å². The topological polar surface area (TPSA) is 55.2 Å². The lowest BCUT2D eigenvalue weighted by atomic mass is 10.1. The normalized spacial score (nSPS) is 20.8. The first-order chi connectivity index (χ1) is 12.4. The van der Waals surface area contributed by atoms with Gasteiger partial charge in [-0.1, -0.05) is 6.07 Å². The summed E-state index contributed by atoms with van der Waals surface area (Å²) in [4.78, 5) is 5.04. The van der Waals surface area contributed by atoms with Gasteiger partial charge in [0.15, 0.2) is 0 Å². The second-order valence-corrected chi connectivity index (χ2v) is 9.79. The molecule has 1 aromatic carbocycles. The zero-order valence-corrected chi connectivity index (χ0v) is 16.6. The van der Waals surface area contributed by atoms with Crippen molar-refractivity contribution in [1.29, 1.82) is 0 Å². The quantitative estimate of drug-likeness (QED) is 0.825. The van der Waals surface area contributed by atoms with Gasteiger partial charge in [-0.2, -0.15) is 4.31 Å². The van der Waals surface area contributed by atoms with Crippen LogP contribution in [-0.2, 0) is 22.9 Å². The van der Waals surface area contributed by atoms with Crippen LogP contribution in [0.2, 0.25) is 0 Å². The van der Waals surface area contributed by atoms with Crippen LogP contribution in [0.5, 0.6) is 0 Å². The molecule has 0 N–H and O–H groups in total. The second kappa shape index (κ2) is 6.50. The molecular weight excluding hydrogens is 346 g/mol. The van der Waals surface area contributed by atoms with E-state index < -0.39 is 10.0 Å². The van der Waals surface area contributed by atoms with E-state index in [9.17, 15) is 8.42 Å². The van der Waals surface area contributed by atoms with Crippen molar-refractivity contribution in [1.82, 2.24) is 13.9 Å². The predicted molar refractivity (Wildman–Crippen MR) is 102 cm³/mol. The summed E-state index contributed by atoms with van der Waals surface area (Å²) in [5.74, 6) is 1.18. The highest BCUT2D eigenvalue weighted by molar-refractivity contribution is 7.89. The van der Waals surface area contributed by atoms with E-state index in [0.29, 0.717) is 24.0 Å². The van der Waals surface area contributed by atoms with Gasteiger partial charge in [0.2, 0.25) is 10.0 Å². The molecule has 6 heteroatoms. The van der Waals surface area contributed by atoms with Crippen LogP contribution in [0.15, 0.2) is 29.3 Å². The Balaban J connectivity index is 1.59. The number of aryl methyl sites for hydroxylation is 3. The van der Waals surface area contributed by atoms with E-state index in [1.807, 2.05) is 18.3 Å². The maximum absolute atomic E-state index is 13.1. The van der Waals surface area contributed by atoms with Crippen molar-refractivity contribution < 1.29 is 8.42 Å². The van der Waals surface area contributed by atoms with Crippen LogP contribution >= 0.6 is 0 Å². The maximum Gasteiger partial charge on any atom is 0.243 e. The first kappa shape index (κ1) is 17.7. The lowest BCUT2D eigenvalue weighted by Crippen LogP contribution is -2.29. The van der Waals surface area contributed by atoms with E-state index in [1.54, 1.807) is 10.4 Å². The summed E-state index contributed by atoms with van der Waals surface area (Å²) >= 11 is 0. The number of hydrogen-bond acceptors (Lipinski definition) is 3. The average molecular weight is 374 g/mol.